The number of carbonyl (C=O) groups is 1. The summed E-state index contributed by atoms with van der Waals surface area (Å²) in [6.45, 7) is -0.0550. The second kappa shape index (κ2) is 4.88. The average Bonchev–Trinajstić information content (AvgIpc) is 2.84. The molecule has 0 bridgehead atoms. The van der Waals surface area contributed by atoms with Crippen LogP contribution >= 0.6 is 15.9 Å². The van der Waals surface area contributed by atoms with Crippen molar-refractivity contribution in [1.29, 1.82) is 0 Å². The summed E-state index contributed by atoms with van der Waals surface area (Å²) in [5.41, 5.74) is 0. The number of halogens is 3. The van der Waals surface area contributed by atoms with Crippen molar-refractivity contribution in [2.75, 3.05) is 18.4 Å². The van der Waals surface area contributed by atoms with Crippen molar-refractivity contribution < 1.29 is 13.6 Å². The van der Waals surface area contributed by atoms with Crippen LogP contribution in [0.15, 0.2) is 0 Å². The summed E-state index contributed by atoms with van der Waals surface area (Å²) in [6, 6.07) is 0. The second-order valence-corrected chi connectivity index (χ2v) is 3.93. The highest BCUT2D eigenvalue weighted by molar-refractivity contribution is 9.09. The van der Waals surface area contributed by atoms with Crippen LogP contribution in [0.5, 0.6) is 0 Å². The molecule has 0 spiro atoms. The Bertz CT molecular complexity index is 185. The molecule has 0 heterocycles. The van der Waals surface area contributed by atoms with E-state index in [-0.39, 0.29) is 11.8 Å². The van der Waals surface area contributed by atoms with Crippen LogP contribution in [0.25, 0.3) is 0 Å². The maximum absolute atomic E-state index is 12.0. The minimum Gasteiger partial charge on any atom is -0.336 e. The Labute approximate surface area is 84.4 Å². The maximum Gasteiger partial charge on any atom is 0.255 e. The predicted molar refractivity (Wildman–Crippen MR) is 49.1 cm³/mol. The Hall–Kier alpha value is -0.190. The van der Waals surface area contributed by atoms with Crippen molar-refractivity contribution in [2.45, 2.75) is 19.3 Å². The minimum absolute atomic E-state index is 0.0257. The molecule has 1 fully saturated rings. The van der Waals surface area contributed by atoms with Crippen molar-refractivity contribution in [3.63, 3.8) is 0 Å². The standard InChI is InChI=1S/C8H12BrF2NO/c9-3-4-12(5-7(10)11)8(13)6-1-2-6/h6-7H,1-5H2. The highest BCUT2D eigenvalue weighted by atomic mass is 79.9. The molecule has 0 aliphatic heterocycles. The molecular formula is C8H12BrF2NO. The summed E-state index contributed by atoms with van der Waals surface area (Å²) in [5, 5.41) is 0.554. The topological polar surface area (TPSA) is 20.3 Å². The zero-order valence-corrected chi connectivity index (χ0v) is 8.77. The summed E-state index contributed by atoms with van der Waals surface area (Å²) >= 11 is 3.14. The second-order valence-electron chi connectivity index (χ2n) is 3.14. The van der Waals surface area contributed by atoms with Crippen molar-refractivity contribution in [3.8, 4) is 0 Å². The Morgan fingerprint density at radius 1 is 1.54 bits per heavy atom. The quantitative estimate of drug-likeness (QED) is 0.688. The molecular weight excluding hydrogens is 244 g/mol. The van der Waals surface area contributed by atoms with E-state index in [0.29, 0.717) is 11.9 Å². The van der Waals surface area contributed by atoms with Gasteiger partial charge in [0.2, 0.25) is 5.91 Å². The molecule has 13 heavy (non-hydrogen) atoms. The first kappa shape index (κ1) is 10.9. The van der Waals surface area contributed by atoms with Gasteiger partial charge in [0.15, 0.2) is 0 Å². The van der Waals surface area contributed by atoms with Gasteiger partial charge in [0, 0.05) is 17.8 Å². The lowest BCUT2D eigenvalue weighted by Crippen LogP contribution is -2.37. The fourth-order valence-corrected chi connectivity index (χ4v) is 1.58. The number of alkyl halides is 3. The first-order chi connectivity index (χ1) is 6.15. The lowest BCUT2D eigenvalue weighted by Gasteiger charge is -2.20. The number of carbonyl (C=O) groups excluding carboxylic acids is 1. The van der Waals surface area contributed by atoms with Gasteiger partial charge in [-0.15, -0.1) is 0 Å². The lowest BCUT2D eigenvalue weighted by molar-refractivity contribution is -0.134. The molecule has 5 heteroatoms. The van der Waals surface area contributed by atoms with Crippen molar-refractivity contribution >= 4 is 21.8 Å². The van der Waals surface area contributed by atoms with Crippen LogP contribution in [0, 0.1) is 5.92 Å². The number of rotatable bonds is 5. The molecule has 0 N–H and O–H groups in total. The average molecular weight is 256 g/mol. The molecule has 0 atom stereocenters. The van der Waals surface area contributed by atoms with Gasteiger partial charge < -0.3 is 4.90 Å². The van der Waals surface area contributed by atoms with E-state index in [1.54, 1.807) is 0 Å². The summed E-state index contributed by atoms with van der Waals surface area (Å²) < 4.78 is 24.1. The molecule has 1 aliphatic carbocycles. The highest BCUT2D eigenvalue weighted by Crippen LogP contribution is 2.31. The van der Waals surface area contributed by atoms with Gasteiger partial charge in [0.25, 0.3) is 6.43 Å². The van der Waals surface area contributed by atoms with E-state index in [2.05, 4.69) is 15.9 Å². The van der Waals surface area contributed by atoms with E-state index in [1.807, 2.05) is 0 Å². The first-order valence-electron chi connectivity index (χ1n) is 4.28. The van der Waals surface area contributed by atoms with Crippen molar-refractivity contribution in [3.05, 3.63) is 0 Å². The molecule has 0 aromatic carbocycles. The third kappa shape index (κ3) is 3.58. The van der Waals surface area contributed by atoms with Crippen LogP contribution in [0.2, 0.25) is 0 Å². The van der Waals surface area contributed by atoms with Crippen LogP contribution in [-0.2, 0) is 4.79 Å². The van der Waals surface area contributed by atoms with E-state index in [1.165, 1.54) is 4.90 Å². The molecule has 0 radical (unpaired) electrons. The van der Waals surface area contributed by atoms with Gasteiger partial charge in [-0.2, -0.15) is 0 Å². The van der Waals surface area contributed by atoms with Crippen molar-refractivity contribution in [2.24, 2.45) is 5.92 Å². The maximum atomic E-state index is 12.0. The van der Waals surface area contributed by atoms with Gasteiger partial charge in [-0.25, -0.2) is 8.78 Å². The molecule has 0 unspecified atom stereocenters. The molecule has 1 aliphatic rings. The van der Waals surface area contributed by atoms with Crippen LogP contribution in [0.4, 0.5) is 8.78 Å². The van der Waals surface area contributed by atoms with Crippen LogP contribution in [0.1, 0.15) is 12.8 Å². The third-order valence-electron chi connectivity index (χ3n) is 1.95. The van der Waals surface area contributed by atoms with Gasteiger partial charge in [-0.05, 0) is 12.8 Å². The van der Waals surface area contributed by atoms with Crippen molar-refractivity contribution in [1.82, 2.24) is 4.90 Å². The minimum atomic E-state index is -2.43. The Morgan fingerprint density at radius 2 is 2.15 bits per heavy atom. The lowest BCUT2D eigenvalue weighted by atomic mass is 10.3. The van der Waals surface area contributed by atoms with Gasteiger partial charge >= 0.3 is 0 Å². The normalized spacial score (nSPS) is 16.3. The SMILES string of the molecule is O=C(C1CC1)N(CCBr)CC(F)F. The zero-order chi connectivity index (χ0) is 9.84. The van der Waals surface area contributed by atoms with E-state index in [4.69, 9.17) is 0 Å². The Balaban J connectivity index is 2.39. The fraction of sp³-hybridized carbons (Fsp3) is 0.875. The molecule has 2 nitrogen and oxygen atoms in total. The van der Waals surface area contributed by atoms with Gasteiger partial charge in [0.1, 0.15) is 0 Å². The predicted octanol–water partition coefficient (Wildman–Crippen LogP) is 1.89. The molecule has 0 aromatic heterocycles. The summed E-state index contributed by atoms with van der Waals surface area (Å²) in [5.74, 6) is -0.0856. The van der Waals surface area contributed by atoms with Crippen LogP contribution in [-0.4, -0.2) is 35.7 Å². The van der Waals surface area contributed by atoms with Crippen LogP contribution < -0.4 is 0 Å². The summed E-state index contributed by atoms with van der Waals surface area (Å²) in [7, 11) is 0. The van der Waals surface area contributed by atoms with Gasteiger partial charge in [0.05, 0.1) is 6.54 Å². The third-order valence-corrected chi connectivity index (χ3v) is 2.31. The number of hydrogen-bond donors (Lipinski definition) is 0. The fourth-order valence-electron chi connectivity index (χ4n) is 1.15. The van der Waals surface area contributed by atoms with Gasteiger partial charge in [-0.1, -0.05) is 15.9 Å². The monoisotopic (exact) mass is 255 g/mol. The zero-order valence-electron chi connectivity index (χ0n) is 7.18. The van der Waals surface area contributed by atoms with Gasteiger partial charge in [-0.3, -0.25) is 4.79 Å². The number of amides is 1. The molecule has 0 saturated heterocycles. The molecule has 1 amide bonds. The van der Waals surface area contributed by atoms with E-state index >= 15 is 0 Å². The molecule has 0 aromatic rings. The van der Waals surface area contributed by atoms with E-state index in [9.17, 15) is 13.6 Å². The molecule has 1 saturated carbocycles. The number of nitrogens with zero attached hydrogens (tertiary/aromatic N) is 1. The molecule has 76 valence electrons. The summed E-state index contributed by atoms with van der Waals surface area (Å²) in [6.07, 6.45) is -0.705. The van der Waals surface area contributed by atoms with Crippen LogP contribution in [0.3, 0.4) is 0 Å². The van der Waals surface area contributed by atoms with E-state index < -0.39 is 13.0 Å². The largest absolute Gasteiger partial charge is 0.336 e. The Kier molecular flexibility index (Phi) is 4.09. The first-order valence-corrected chi connectivity index (χ1v) is 5.40. The molecule has 1 rings (SSSR count). The van der Waals surface area contributed by atoms with E-state index in [0.717, 1.165) is 12.8 Å². The highest BCUT2D eigenvalue weighted by Gasteiger charge is 2.33. The smallest absolute Gasteiger partial charge is 0.255 e. The summed E-state index contributed by atoms with van der Waals surface area (Å²) in [4.78, 5) is 12.6. The Morgan fingerprint density at radius 3 is 2.54 bits per heavy atom. The number of hydrogen-bond acceptors (Lipinski definition) is 1.